The maximum absolute atomic E-state index is 12.3. The van der Waals surface area contributed by atoms with Crippen molar-refractivity contribution in [2.24, 2.45) is 5.92 Å². The molecule has 0 bridgehead atoms. The molecular formula is C27H31ClN6O. The molecule has 0 amide bonds. The maximum Gasteiger partial charge on any atom is 0.138 e. The Morgan fingerprint density at radius 1 is 1.14 bits per heavy atom. The topological polar surface area (TPSA) is 91.1 Å². The highest BCUT2D eigenvalue weighted by Gasteiger charge is 2.34. The molecule has 2 unspecified atom stereocenters. The minimum absolute atomic E-state index is 0.183. The zero-order valence-electron chi connectivity index (χ0n) is 20.1. The summed E-state index contributed by atoms with van der Waals surface area (Å²) in [6.07, 6.45) is 3.62. The average molecular weight is 491 g/mol. The lowest BCUT2D eigenvalue weighted by Crippen LogP contribution is -2.58. The third kappa shape index (κ3) is 5.17. The van der Waals surface area contributed by atoms with Gasteiger partial charge in [-0.1, -0.05) is 31.5 Å². The molecule has 0 saturated carbocycles. The van der Waals surface area contributed by atoms with Crippen LogP contribution in [0.4, 0.5) is 5.82 Å². The monoisotopic (exact) mass is 490 g/mol. The van der Waals surface area contributed by atoms with E-state index >= 15 is 0 Å². The highest BCUT2D eigenvalue weighted by molar-refractivity contribution is 6.31. The van der Waals surface area contributed by atoms with Gasteiger partial charge in [-0.05, 0) is 54.3 Å². The highest BCUT2D eigenvalue weighted by atomic mass is 35.5. The molecule has 1 fully saturated rings. The molecule has 4 aromatic rings. The maximum atomic E-state index is 12.3. The SMILES string of the molecule is CC(C)CC1CN(Cc2cc3cc(Cl)ccc3[nH]2)CC(C=O)N1Cc1ccc2c(N)ncnc2c1. The number of carbonyl (C=O) groups is 1. The molecule has 1 saturated heterocycles. The molecule has 1 aliphatic heterocycles. The van der Waals surface area contributed by atoms with Crippen molar-refractivity contribution >= 4 is 45.5 Å². The van der Waals surface area contributed by atoms with Gasteiger partial charge in [0.05, 0.1) is 11.6 Å². The number of nitrogens with one attached hydrogen (secondary N) is 1. The van der Waals surface area contributed by atoms with E-state index in [4.69, 9.17) is 17.3 Å². The predicted octanol–water partition coefficient (Wildman–Crippen LogP) is 4.65. The Balaban J connectivity index is 1.37. The number of nitrogens with zero attached hydrogens (tertiary/aromatic N) is 4. The van der Waals surface area contributed by atoms with Gasteiger partial charge >= 0.3 is 0 Å². The molecular weight excluding hydrogens is 460 g/mol. The molecule has 0 aliphatic carbocycles. The van der Waals surface area contributed by atoms with E-state index in [0.717, 1.165) is 63.9 Å². The Hall–Kier alpha value is -3.00. The smallest absolute Gasteiger partial charge is 0.138 e. The first-order valence-corrected chi connectivity index (χ1v) is 12.5. The summed E-state index contributed by atoms with van der Waals surface area (Å²) in [5.41, 5.74) is 10.2. The van der Waals surface area contributed by atoms with Gasteiger partial charge in [-0.2, -0.15) is 0 Å². The number of piperazine rings is 1. The third-order valence-corrected chi connectivity index (χ3v) is 7.07. The molecule has 182 valence electrons. The number of rotatable bonds is 7. The quantitative estimate of drug-likeness (QED) is 0.366. The van der Waals surface area contributed by atoms with Gasteiger partial charge in [-0.15, -0.1) is 0 Å². The van der Waals surface area contributed by atoms with E-state index in [1.807, 2.05) is 24.3 Å². The van der Waals surface area contributed by atoms with E-state index in [2.05, 4.69) is 56.8 Å². The van der Waals surface area contributed by atoms with Crippen LogP contribution in [-0.2, 0) is 17.9 Å². The summed E-state index contributed by atoms with van der Waals surface area (Å²) in [6.45, 7) is 7.54. The second-order valence-electron chi connectivity index (χ2n) is 9.99. The summed E-state index contributed by atoms with van der Waals surface area (Å²) in [4.78, 5) is 29.0. The van der Waals surface area contributed by atoms with Crippen molar-refractivity contribution in [2.45, 2.75) is 45.4 Å². The molecule has 2 aromatic heterocycles. The van der Waals surface area contributed by atoms with E-state index in [9.17, 15) is 4.79 Å². The standard InChI is InChI=1S/C27H31ClN6O/c1-17(2)7-22-13-33(12-21-10-19-9-20(28)4-6-25(19)32-21)14-23(15-35)34(22)11-18-3-5-24-26(8-18)30-16-31-27(24)29/h3-6,8-10,15-17,22-23,32H,7,11-14H2,1-2H3,(H2,29,30,31). The van der Waals surface area contributed by atoms with Crippen molar-refractivity contribution in [3.05, 3.63) is 65.1 Å². The van der Waals surface area contributed by atoms with Crippen molar-refractivity contribution in [3.63, 3.8) is 0 Å². The van der Waals surface area contributed by atoms with Crippen LogP contribution in [0, 0.1) is 5.92 Å². The molecule has 5 rings (SSSR count). The number of aldehydes is 1. The summed E-state index contributed by atoms with van der Waals surface area (Å²) >= 11 is 6.17. The molecule has 3 N–H and O–H groups in total. The van der Waals surface area contributed by atoms with E-state index in [1.54, 1.807) is 0 Å². The van der Waals surface area contributed by atoms with Gasteiger partial charge in [-0.3, -0.25) is 9.80 Å². The first-order valence-electron chi connectivity index (χ1n) is 12.1. The van der Waals surface area contributed by atoms with Crippen molar-refractivity contribution in [1.29, 1.82) is 0 Å². The van der Waals surface area contributed by atoms with Crippen LogP contribution in [0.2, 0.25) is 5.02 Å². The van der Waals surface area contributed by atoms with Crippen LogP contribution >= 0.6 is 11.6 Å². The number of benzene rings is 2. The average Bonchev–Trinajstić information content (AvgIpc) is 3.21. The number of nitrogen functional groups attached to an aromatic ring is 1. The van der Waals surface area contributed by atoms with Gasteiger partial charge in [0.15, 0.2) is 0 Å². The van der Waals surface area contributed by atoms with Crippen LogP contribution in [0.5, 0.6) is 0 Å². The number of nitrogens with two attached hydrogens (primary N) is 1. The lowest BCUT2D eigenvalue weighted by Gasteiger charge is -2.45. The number of halogens is 1. The van der Waals surface area contributed by atoms with Crippen molar-refractivity contribution in [3.8, 4) is 0 Å². The molecule has 2 atom stereocenters. The van der Waals surface area contributed by atoms with Gasteiger partial charge < -0.3 is 15.5 Å². The minimum Gasteiger partial charge on any atom is -0.383 e. The number of anilines is 1. The number of hydrogen-bond acceptors (Lipinski definition) is 6. The van der Waals surface area contributed by atoms with E-state index in [-0.39, 0.29) is 12.1 Å². The predicted molar refractivity (Wildman–Crippen MR) is 141 cm³/mol. The van der Waals surface area contributed by atoms with Gasteiger partial charge in [0, 0.05) is 59.2 Å². The van der Waals surface area contributed by atoms with Crippen molar-refractivity contribution in [1.82, 2.24) is 24.8 Å². The summed E-state index contributed by atoms with van der Waals surface area (Å²) in [5, 5.41) is 2.70. The van der Waals surface area contributed by atoms with E-state index in [0.29, 0.717) is 24.8 Å². The molecule has 0 spiro atoms. The van der Waals surface area contributed by atoms with Gasteiger partial charge in [0.1, 0.15) is 18.4 Å². The number of aromatic amines is 1. The van der Waals surface area contributed by atoms with E-state index in [1.165, 1.54) is 6.33 Å². The molecule has 3 heterocycles. The fourth-order valence-electron chi connectivity index (χ4n) is 5.29. The number of fused-ring (bicyclic) bond motifs is 2. The number of hydrogen-bond donors (Lipinski definition) is 2. The van der Waals surface area contributed by atoms with Gasteiger partial charge in [-0.25, -0.2) is 9.97 Å². The van der Waals surface area contributed by atoms with Crippen LogP contribution in [0.25, 0.3) is 21.8 Å². The summed E-state index contributed by atoms with van der Waals surface area (Å²) in [6, 6.07) is 14.2. The molecule has 0 radical (unpaired) electrons. The van der Waals surface area contributed by atoms with Crippen LogP contribution < -0.4 is 5.73 Å². The fraction of sp³-hybridized carbons (Fsp3) is 0.370. The van der Waals surface area contributed by atoms with Crippen LogP contribution in [0.3, 0.4) is 0 Å². The fourth-order valence-corrected chi connectivity index (χ4v) is 5.47. The van der Waals surface area contributed by atoms with E-state index < -0.39 is 0 Å². The zero-order chi connectivity index (χ0) is 24.5. The molecule has 2 aromatic carbocycles. The second kappa shape index (κ2) is 9.93. The first-order chi connectivity index (χ1) is 16.9. The Labute approximate surface area is 210 Å². The normalized spacial score (nSPS) is 19.7. The molecule has 8 heteroatoms. The molecule has 1 aliphatic rings. The molecule has 7 nitrogen and oxygen atoms in total. The Kier molecular flexibility index (Phi) is 6.73. The Morgan fingerprint density at radius 3 is 2.80 bits per heavy atom. The van der Waals surface area contributed by atoms with Crippen molar-refractivity contribution in [2.75, 3.05) is 18.8 Å². The van der Waals surface area contributed by atoms with Crippen LogP contribution in [0.1, 0.15) is 31.5 Å². The van der Waals surface area contributed by atoms with Crippen LogP contribution in [0.15, 0.2) is 48.8 Å². The van der Waals surface area contributed by atoms with Gasteiger partial charge in [0.2, 0.25) is 0 Å². The Morgan fingerprint density at radius 2 is 2.00 bits per heavy atom. The zero-order valence-corrected chi connectivity index (χ0v) is 20.9. The first kappa shape index (κ1) is 23.7. The summed E-state index contributed by atoms with van der Waals surface area (Å²) < 4.78 is 0. The highest BCUT2D eigenvalue weighted by Crippen LogP contribution is 2.27. The summed E-state index contributed by atoms with van der Waals surface area (Å²) in [5.74, 6) is 1.01. The van der Waals surface area contributed by atoms with Gasteiger partial charge in [0.25, 0.3) is 0 Å². The third-order valence-electron chi connectivity index (χ3n) is 6.84. The Bertz CT molecular complexity index is 1350. The summed E-state index contributed by atoms with van der Waals surface area (Å²) in [7, 11) is 0. The largest absolute Gasteiger partial charge is 0.383 e. The lowest BCUT2D eigenvalue weighted by atomic mass is 9.96. The number of H-pyrrole nitrogens is 1. The lowest BCUT2D eigenvalue weighted by molar-refractivity contribution is -0.117. The van der Waals surface area contributed by atoms with Crippen LogP contribution in [-0.4, -0.2) is 56.2 Å². The minimum atomic E-state index is -0.183. The number of carbonyl (C=O) groups excluding carboxylic acids is 1. The second-order valence-corrected chi connectivity index (χ2v) is 10.4. The van der Waals surface area contributed by atoms with Crippen molar-refractivity contribution < 1.29 is 4.79 Å². The molecule has 35 heavy (non-hydrogen) atoms. The number of aromatic nitrogens is 3.